The van der Waals surface area contributed by atoms with Gasteiger partial charge in [0.15, 0.2) is 6.61 Å². The third kappa shape index (κ3) is 4.04. The normalized spacial score (nSPS) is 21.4. The van der Waals surface area contributed by atoms with Gasteiger partial charge in [0.05, 0.1) is 23.1 Å². The van der Waals surface area contributed by atoms with Crippen LogP contribution in [-0.2, 0) is 19.1 Å². The first-order chi connectivity index (χ1) is 20.3. The maximum absolute atomic E-state index is 14.0. The summed E-state index contributed by atoms with van der Waals surface area (Å²) < 4.78 is 5.28. The number of anilines is 2. The Morgan fingerprint density at radius 3 is 1.76 bits per heavy atom. The molecule has 0 spiro atoms. The van der Waals surface area contributed by atoms with Crippen molar-refractivity contribution in [2.75, 3.05) is 16.8 Å². The van der Waals surface area contributed by atoms with E-state index >= 15 is 0 Å². The van der Waals surface area contributed by atoms with Crippen LogP contribution in [0.3, 0.4) is 0 Å². The average Bonchev–Trinajstić information content (AvgIpc) is 3.25. The molecular weight excluding hydrogens is 528 g/mol. The van der Waals surface area contributed by atoms with Crippen LogP contribution in [0.1, 0.15) is 55.6 Å². The Kier molecular flexibility index (Phi) is 6.04. The van der Waals surface area contributed by atoms with E-state index in [1.165, 1.54) is 11.0 Å². The Hall–Kier alpha value is -5.04. The number of esters is 1. The molecule has 1 N–H and O–H groups in total. The lowest BCUT2D eigenvalue weighted by atomic mass is 9.55. The second kappa shape index (κ2) is 9.80. The first-order valence-electron chi connectivity index (χ1n) is 14.0. The van der Waals surface area contributed by atoms with E-state index in [0.29, 0.717) is 11.4 Å². The number of nitrogens with zero attached hydrogens (tertiary/aromatic N) is 1. The van der Waals surface area contributed by atoms with Gasteiger partial charge in [0, 0.05) is 17.5 Å². The summed E-state index contributed by atoms with van der Waals surface area (Å²) in [6, 6.07) is 28.1. The molecule has 2 bridgehead atoms. The predicted molar refractivity (Wildman–Crippen MR) is 157 cm³/mol. The molecule has 4 aromatic rings. The van der Waals surface area contributed by atoms with Gasteiger partial charge in [-0.05, 0) is 77.6 Å². The quantitative estimate of drug-likeness (QED) is 0.259. The number of imide groups is 1. The van der Waals surface area contributed by atoms with E-state index < -0.39 is 30.3 Å². The number of carbonyl (C=O) groups excluding carboxylic acids is 4. The van der Waals surface area contributed by atoms with Crippen molar-refractivity contribution in [3.05, 3.63) is 130 Å². The highest BCUT2D eigenvalue weighted by Crippen LogP contribution is 2.61. The largest absolute Gasteiger partial charge is 0.452 e. The van der Waals surface area contributed by atoms with Gasteiger partial charge in [-0.2, -0.15) is 0 Å². The van der Waals surface area contributed by atoms with Crippen LogP contribution in [0, 0.1) is 25.7 Å². The molecule has 1 heterocycles. The average molecular weight is 557 g/mol. The Labute approximate surface area is 243 Å². The fourth-order valence-electron chi connectivity index (χ4n) is 7.16. The van der Waals surface area contributed by atoms with Crippen LogP contribution in [0.2, 0.25) is 0 Å². The van der Waals surface area contributed by atoms with Crippen LogP contribution >= 0.6 is 0 Å². The smallest absolute Gasteiger partial charge is 0.338 e. The number of rotatable bonds is 5. The summed E-state index contributed by atoms with van der Waals surface area (Å²) in [5.74, 6) is -3.16. The molecule has 0 saturated carbocycles. The standard InChI is InChI=1S/C35H28N2O5/c1-19-14-20(2)16-22(15-19)36-28(38)18-42-35(41)21-8-7-9-23(17-21)37-33(39)31-29-24-10-3-4-11-25(24)30(32(31)34(37)40)27-13-6-5-12-26(27)29/h3-17,29-32H,18H2,1-2H3,(H,36,38)/t29?,30?,31-,32-/m1/s1. The summed E-state index contributed by atoms with van der Waals surface area (Å²) in [6.07, 6.45) is 0. The monoisotopic (exact) mass is 556 g/mol. The van der Waals surface area contributed by atoms with Gasteiger partial charge in [-0.15, -0.1) is 0 Å². The second-order valence-corrected chi connectivity index (χ2v) is 11.3. The highest BCUT2D eigenvalue weighted by molar-refractivity contribution is 6.23. The van der Waals surface area contributed by atoms with Gasteiger partial charge in [0.2, 0.25) is 11.8 Å². The number of carbonyl (C=O) groups is 4. The molecule has 7 nitrogen and oxygen atoms in total. The highest BCUT2D eigenvalue weighted by atomic mass is 16.5. The summed E-state index contributed by atoms with van der Waals surface area (Å²) in [5, 5.41) is 2.74. The highest BCUT2D eigenvalue weighted by Gasteiger charge is 2.61. The molecule has 4 aromatic carbocycles. The zero-order valence-corrected chi connectivity index (χ0v) is 23.2. The SMILES string of the molecule is Cc1cc(C)cc(NC(=O)COC(=O)c2cccc(N3C(=O)[C@@H]4C5c6ccccc6C(c6ccccc65)[C@H]4C3=O)c2)c1. The van der Waals surface area contributed by atoms with Crippen LogP contribution in [-0.4, -0.2) is 30.3 Å². The molecule has 2 atom stereocenters. The van der Waals surface area contributed by atoms with E-state index in [4.69, 9.17) is 4.74 Å². The van der Waals surface area contributed by atoms with Gasteiger partial charge in [-0.1, -0.05) is 60.7 Å². The van der Waals surface area contributed by atoms with Gasteiger partial charge < -0.3 is 10.1 Å². The number of aryl methyl sites for hydroxylation is 2. The van der Waals surface area contributed by atoms with Crippen molar-refractivity contribution in [2.45, 2.75) is 25.7 Å². The van der Waals surface area contributed by atoms with Crippen molar-refractivity contribution in [3.8, 4) is 0 Å². The van der Waals surface area contributed by atoms with Crippen LogP contribution < -0.4 is 10.2 Å². The minimum Gasteiger partial charge on any atom is -0.452 e. The molecule has 0 aromatic heterocycles. The van der Waals surface area contributed by atoms with Crippen LogP contribution in [0.5, 0.6) is 0 Å². The molecule has 1 saturated heterocycles. The Morgan fingerprint density at radius 2 is 1.24 bits per heavy atom. The van der Waals surface area contributed by atoms with Crippen LogP contribution in [0.15, 0.2) is 91.0 Å². The van der Waals surface area contributed by atoms with Gasteiger partial charge in [-0.25, -0.2) is 9.69 Å². The fourth-order valence-corrected chi connectivity index (χ4v) is 7.16. The topological polar surface area (TPSA) is 92.8 Å². The second-order valence-electron chi connectivity index (χ2n) is 11.3. The summed E-state index contributed by atoms with van der Waals surface area (Å²) >= 11 is 0. The van der Waals surface area contributed by atoms with Crippen molar-refractivity contribution in [1.82, 2.24) is 0 Å². The lowest BCUT2D eigenvalue weighted by molar-refractivity contribution is -0.122. The molecule has 1 fully saturated rings. The third-order valence-corrected chi connectivity index (χ3v) is 8.63. The lowest BCUT2D eigenvalue weighted by Gasteiger charge is -2.45. The van der Waals surface area contributed by atoms with E-state index in [1.54, 1.807) is 18.2 Å². The van der Waals surface area contributed by atoms with E-state index in [9.17, 15) is 19.2 Å². The zero-order chi connectivity index (χ0) is 29.1. The number of hydrogen-bond donors (Lipinski definition) is 1. The minimum absolute atomic E-state index is 0.150. The molecule has 3 amide bonds. The predicted octanol–water partition coefficient (Wildman–Crippen LogP) is 5.50. The first-order valence-corrected chi connectivity index (χ1v) is 14.0. The molecule has 3 aliphatic carbocycles. The third-order valence-electron chi connectivity index (χ3n) is 8.63. The van der Waals surface area contributed by atoms with E-state index in [2.05, 4.69) is 29.6 Å². The fraction of sp³-hybridized carbons (Fsp3) is 0.200. The van der Waals surface area contributed by atoms with Gasteiger partial charge in [-0.3, -0.25) is 14.4 Å². The van der Waals surface area contributed by atoms with E-state index in [1.807, 2.05) is 56.3 Å². The van der Waals surface area contributed by atoms with Crippen LogP contribution in [0.4, 0.5) is 11.4 Å². The Balaban J connectivity index is 1.13. The van der Waals surface area contributed by atoms with Gasteiger partial charge in [0.1, 0.15) is 0 Å². The number of benzene rings is 4. The van der Waals surface area contributed by atoms with E-state index in [0.717, 1.165) is 33.4 Å². The number of nitrogens with one attached hydrogen (secondary N) is 1. The molecular formula is C35H28N2O5. The molecule has 1 aliphatic heterocycles. The first kappa shape index (κ1) is 25.9. The molecule has 208 valence electrons. The van der Waals surface area contributed by atoms with Crippen molar-refractivity contribution in [2.24, 2.45) is 11.8 Å². The zero-order valence-electron chi connectivity index (χ0n) is 23.2. The summed E-state index contributed by atoms with van der Waals surface area (Å²) in [5.41, 5.74) is 7.50. The Bertz CT molecular complexity index is 1680. The molecule has 8 rings (SSSR count). The number of ether oxygens (including phenoxy) is 1. The molecule has 7 heteroatoms. The Morgan fingerprint density at radius 1 is 0.714 bits per heavy atom. The summed E-state index contributed by atoms with van der Waals surface area (Å²) in [7, 11) is 0. The molecule has 0 radical (unpaired) electrons. The van der Waals surface area contributed by atoms with Crippen molar-refractivity contribution in [3.63, 3.8) is 0 Å². The van der Waals surface area contributed by atoms with Crippen molar-refractivity contribution in [1.29, 1.82) is 0 Å². The number of hydrogen-bond acceptors (Lipinski definition) is 5. The van der Waals surface area contributed by atoms with Crippen LogP contribution in [0.25, 0.3) is 0 Å². The maximum Gasteiger partial charge on any atom is 0.338 e. The molecule has 0 unspecified atom stereocenters. The number of amides is 3. The van der Waals surface area contributed by atoms with Crippen molar-refractivity contribution < 1.29 is 23.9 Å². The van der Waals surface area contributed by atoms with E-state index in [-0.39, 0.29) is 29.2 Å². The molecule has 42 heavy (non-hydrogen) atoms. The van der Waals surface area contributed by atoms with Gasteiger partial charge in [0.25, 0.3) is 5.91 Å². The summed E-state index contributed by atoms with van der Waals surface area (Å²) in [4.78, 5) is 54.6. The van der Waals surface area contributed by atoms with Gasteiger partial charge >= 0.3 is 5.97 Å². The maximum atomic E-state index is 14.0. The minimum atomic E-state index is -0.719. The molecule has 4 aliphatic rings. The lowest BCUT2D eigenvalue weighted by Crippen LogP contribution is -2.41. The van der Waals surface area contributed by atoms with Crippen molar-refractivity contribution >= 4 is 35.1 Å². The summed E-state index contributed by atoms with van der Waals surface area (Å²) in [6.45, 7) is 3.40.